The Morgan fingerprint density at radius 3 is 2.67 bits per heavy atom. The molecule has 21 heavy (non-hydrogen) atoms. The van der Waals surface area contributed by atoms with Crippen LogP contribution in [0.4, 0.5) is 0 Å². The van der Waals surface area contributed by atoms with E-state index in [-0.39, 0.29) is 16.4 Å². The SMILES string of the molecule is CC1CCC(CNC(=O)c2cc(Br)cc(S(=O)(=O)Cl)c2)C1. The third-order valence-corrected chi connectivity index (χ3v) is 5.56. The first-order valence-electron chi connectivity index (χ1n) is 6.79. The molecule has 1 aromatic carbocycles. The molecule has 4 nitrogen and oxygen atoms in total. The van der Waals surface area contributed by atoms with Gasteiger partial charge in [-0.25, -0.2) is 8.42 Å². The number of hydrogen-bond acceptors (Lipinski definition) is 3. The Hall–Kier alpha value is -0.590. The Morgan fingerprint density at radius 2 is 2.10 bits per heavy atom. The summed E-state index contributed by atoms with van der Waals surface area (Å²) >= 11 is 3.20. The third-order valence-electron chi connectivity index (χ3n) is 3.77. The number of rotatable bonds is 4. The van der Waals surface area contributed by atoms with Crippen LogP contribution in [-0.2, 0) is 9.05 Å². The molecule has 1 amide bonds. The largest absolute Gasteiger partial charge is 0.352 e. The van der Waals surface area contributed by atoms with Gasteiger partial charge in [0.15, 0.2) is 0 Å². The maximum absolute atomic E-state index is 12.1. The number of hydrogen-bond donors (Lipinski definition) is 1. The lowest BCUT2D eigenvalue weighted by molar-refractivity contribution is 0.0947. The molecular formula is C14H17BrClNO3S. The molecule has 116 valence electrons. The minimum atomic E-state index is -3.86. The Bertz CT molecular complexity index is 648. The van der Waals surface area contributed by atoms with E-state index in [0.717, 1.165) is 12.8 Å². The molecule has 0 aromatic heterocycles. The minimum Gasteiger partial charge on any atom is -0.352 e. The highest BCUT2D eigenvalue weighted by atomic mass is 79.9. The van der Waals surface area contributed by atoms with E-state index in [1.54, 1.807) is 6.07 Å². The van der Waals surface area contributed by atoms with E-state index in [4.69, 9.17) is 10.7 Å². The van der Waals surface area contributed by atoms with Crippen molar-refractivity contribution in [1.29, 1.82) is 0 Å². The number of carbonyl (C=O) groups is 1. The second-order valence-corrected chi connectivity index (χ2v) is 9.09. The monoisotopic (exact) mass is 393 g/mol. The topological polar surface area (TPSA) is 63.2 Å². The predicted molar refractivity (Wildman–Crippen MR) is 86.0 cm³/mol. The quantitative estimate of drug-likeness (QED) is 0.794. The third kappa shape index (κ3) is 4.69. The summed E-state index contributed by atoms with van der Waals surface area (Å²) in [4.78, 5) is 12.1. The summed E-state index contributed by atoms with van der Waals surface area (Å²) in [6, 6.07) is 4.25. The van der Waals surface area contributed by atoms with Crippen LogP contribution in [0, 0.1) is 11.8 Å². The normalized spacial score (nSPS) is 22.2. The highest BCUT2D eigenvalue weighted by Gasteiger charge is 2.22. The molecule has 2 atom stereocenters. The number of amides is 1. The van der Waals surface area contributed by atoms with Gasteiger partial charge in [-0.05, 0) is 42.9 Å². The van der Waals surface area contributed by atoms with Crippen molar-refractivity contribution in [2.45, 2.75) is 31.1 Å². The highest BCUT2D eigenvalue weighted by molar-refractivity contribution is 9.10. The number of carbonyl (C=O) groups excluding carboxylic acids is 1. The molecule has 0 bridgehead atoms. The van der Waals surface area contributed by atoms with Crippen molar-refractivity contribution in [2.75, 3.05) is 6.54 Å². The molecule has 1 fully saturated rings. The fourth-order valence-electron chi connectivity index (χ4n) is 2.68. The lowest BCUT2D eigenvalue weighted by Gasteiger charge is -2.11. The maximum Gasteiger partial charge on any atom is 0.261 e. The first kappa shape index (κ1) is 16.8. The van der Waals surface area contributed by atoms with Crippen LogP contribution in [0.3, 0.4) is 0 Å². The van der Waals surface area contributed by atoms with Crippen LogP contribution in [0.1, 0.15) is 36.5 Å². The molecule has 1 saturated carbocycles. The lowest BCUT2D eigenvalue weighted by Crippen LogP contribution is -2.28. The van der Waals surface area contributed by atoms with E-state index >= 15 is 0 Å². The molecule has 0 spiro atoms. The van der Waals surface area contributed by atoms with Crippen LogP contribution in [-0.4, -0.2) is 20.9 Å². The summed E-state index contributed by atoms with van der Waals surface area (Å²) < 4.78 is 23.3. The number of nitrogens with one attached hydrogen (secondary N) is 1. The fraction of sp³-hybridized carbons (Fsp3) is 0.500. The van der Waals surface area contributed by atoms with Crippen LogP contribution in [0.5, 0.6) is 0 Å². The number of benzene rings is 1. The predicted octanol–water partition coefficient (Wildman–Crippen LogP) is 3.54. The van der Waals surface area contributed by atoms with Crippen molar-refractivity contribution in [3.8, 4) is 0 Å². The van der Waals surface area contributed by atoms with E-state index < -0.39 is 9.05 Å². The van der Waals surface area contributed by atoms with Crippen LogP contribution in [0.15, 0.2) is 27.6 Å². The van der Waals surface area contributed by atoms with Crippen molar-refractivity contribution in [3.05, 3.63) is 28.2 Å². The molecule has 1 N–H and O–H groups in total. The Kier molecular flexibility index (Phi) is 5.33. The summed E-state index contributed by atoms with van der Waals surface area (Å²) in [5, 5.41) is 2.87. The second kappa shape index (κ2) is 6.67. The molecule has 2 rings (SSSR count). The number of halogens is 2. The molecule has 7 heteroatoms. The molecule has 1 aliphatic carbocycles. The molecule has 0 heterocycles. The zero-order valence-corrected chi connectivity index (χ0v) is 14.8. The molecule has 1 aliphatic rings. The van der Waals surface area contributed by atoms with Gasteiger partial charge < -0.3 is 5.32 Å². The summed E-state index contributed by atoms with van der Waals surface area (Å²) in [5.41, 5.74) is 0.287. The van der Waals surface area contributed by atoms with E-state index in [2.05, 4.69) is 28.2 Å². The van der Waals surface area contributed by atoms with Crippen molar-refractivity contribution >= 4 is 41.6 Å². The van der Waals surface area contributed by atoms with Gasteiger partial charge in [-0.1, -0.05) is 29.3 Å². The Balaban J connectivity index is 2.07. The molecule has 0 aliphatic heterocycles. The highest BCUT2D eigenvalue weighted by Crippen LogP contribution is 2.29. The minimum absolute atomic E-state index is 0.0850. The van der Waals surface area contributed by atoms with E-state index in [9.17, 15) is 13.2 Å². The second-order valence-electron chi connectivity index (χ2n) is 5.61. The molecule has 2 unspecified atom stereocenters. The Morgan fingerprint density at radius 1 is 1.38 bits per heavy atom. The summed E-state index contributed by atoms with van der Waals surface area (Å²) in [7, 11) is 1.47. The summed E-state index contributed by atoms with van der Waals surface area (Å²) in [6.45, 7) is 2.84. The van der Waals surface area contributed by atoms with E-state index in [1.807, 2.05) is 0 Å². The smallest absolute Gasteiger partial charge is 0.261 e. The van der Waals surface area contributed by atoms with Gasteiger partial charge in [-0.2, -0.15) is 0 Å². The van der Waals surface area contributed by atoms with Gasteiger partial charge in [0.25, 0.3) is 15.0 Å². The van der Waals surface area contributed by atoms with Crippen molar-refractivity contribution in [3.63, 3.8) is 0 Å². The maximum atomic E-state index is 12.1. The van der Waals surface area contributed by atoms with Crippen LogP contribution < -0.4 is 5.32 Å². The summed E-state index contributed by atoms with van der Waals surface area (Å²) in [5.74, 6) is 0.940. The Labute approximate surface area is 137 Å². The van der Waals surface area contributed by atoms with Gasteiger partial charge in [0.1, 0.15) is 0 Å². The van der Waals surface area contributed by atoms with Crippen molar-refractivity contribution < 1.29 is 13.2 Å². The molecule has 1 aromatic rings. The molecule has 0 radical (unpaired) electrons. The van der Waals surface area contributed by atoms with Gasteiger partial charge in [0.2, 0.25) is 0 Å². The van der Waals surface area contributed by atoms with E-state index in [0.29, 0.717) is 22.9 Å². The fourth-order valence-corrected chi connectivity index (χ4v) is 4.13. The van der Waals surface area contributed by atoms with Gasteiger partial charge in [0, 0.05) is 27.3 Å². The first-order valence-corrected chi connectivity index (χ1v) is 9.89. The first-order chi connectivity index (χ1) is 9.75. The molecule has 0 saturated heterocycles. The van der Waals surface area contributed by atoms with Crippen LogP contribution in [0.25, 0.3) is 0 Å². The summed E-state index contributed by atoms with van der Waals surface area (Å²) in [6.07, 6.45) is 3.45. The van der Waals surface area contributed by atoms with Crippen LogP contribution >= 0.6 is 26.6 Å². The zero-order chi connectivity index (χ0) is 15.6. The van der Waals surface area contributed by atoms with Gasteiger partial charge >= 0.3 is 0 Å². The van der Waals surface area contributed by atoms with Gasteiger partial charge in [-0.15, -0.1) is 0 Å². The standard InChI is InChI=1S/C14H17BrClNO3S/c1-9-2-3-10(4-9)8-17-14(18)11-5-12(15)7-13(6-11)21(16,19)20/h5-7,9-10H,2-4,8H2,1H3,(H,17,18). The lowest BCUT2D eigenvalue weighted by atomic mass is 10.1. The van der Waals surface area contributed by atoms with E-state index in [1.165, 1.54) is 18.6 Å². The average molecular weight is 395 g/mol. The average Bonchev–Trinajstić information content (AvgIpc) is 2.80. The molecular weight excluding hydrogens is 378 g/mol. The van der Waals surface area contributed by atoms with Crippen LogP contribution in [0.2, 0.25) is 0 Å². The van der Waals surface area contributed by atoms with Crippen molar-refractivity contribution in [2.24, 2.45) is 11.8 Å². The zero-order valence-electron chi connectivity index (χ0n) is 11.6. The van der Waals surface area contributed by atoms with Gasteiger partial charge in [0.05, 0.1) is 4.90 Å². The van der Waals surface area contributed by atoms with Crippen molar-refractivity contribution in [1.82, 2.24) is 5.32 Å². The van der Waals surface area contributed by atoms with Gasteiger partial charge in [-0.3, -0.25) is 4.79 Å².